The summed E-state index contributed by atoms with van der Waals surface area (Å²) in [5.74, 6) is -0.485. The number of carbonyl (C=O) groups excluding carboxylic acids is 2. The van der Waals surface area contributed by atoms with E-state index in [0.29, 0.717) is 17.0 Å². The monoisotopic (exact) mass is 241 g/mol. The number of hydrogen-bond acceptors (Lipinski definition) is 4. The Morgan fingerprint density at radius 1 is 1.50 bits per heavy atom. The maximum absolute atomic E-state index is 11.5. The van der Waals surface area contributed by atoms with Gasteiger partial charge in [0.05, 0.1) is 12.7 Å². The molecule has 0 bridgehead atoms. The molecule has 0 spiro atoms. The first-order valence-corrected chi connectivity index (χ1v) is 6.02. The van der Waals surface area contributed by atoms with Crippen molar-refractivity contribution in [2.75, 3.05) is 12.4 Å². The SMILES string of the molecule is CCCCC(=O)Nc1sccc1C(=O)OC. The Balaban J connectivity index is 2.63. The van der Waals surface area contributed by atoms with Crippen molar-refractivity contribution in [3.05, 3.63) is 17.0 Å². The molecule has 0 unspecified atom stereocenters. The van der Waals surface area contributed by atoms with Crippen molar-refractivity contribution in [3.8, 4) is 0 Å². The molecule has 1 N–H and O–H groups in total. The smallest absolute Gasteiger partial charge is 0.340 e. The van der Waals surface area contributed by atoms with Crippen LogP contribution in [0.5, 0.6) is 0 Å². The zero-order valence-electron chi connectivity index (χ0n) is 9.41. The summed E-state index contributed by atoms with van der Waals surface area (Å²) in [5.41, 5.74) is 0.414. The summed E-state index contributed by atoms with van der Waals surface area (Å²) in [6.07, 6.45) is 2.31. The van der Waals surface area contributed by atoms with Gasteiger partial charge < -0.3 is 10.1 Å². The van der Waals surface area contributed by atoms with Crippen molar-refractivity contribution in [1.82, 2.24) is 0 Å². The molecule has 0 fully saturated rings. The molecule has 0 aliphatic rings. The molecule has 88 valence electrons. The third kappa shape index (κ3) is 3.34. The Bertz CT molecular complexity index is 373. The lowest BCUT2D eigenvalue weighted by atomic mass is 10.2. The lowest BCUT2D eigenvalue weighted by Gasteiger charge is -2.04. The summed E-state index contributed by atoms with van der Waals surface area (Å²) in [7, 11) is 1.32. The number of carbonyl (C=O) groups is 2. The van der Waals surface area contributed by atoms with Crippen molar-refractivity contribution < 1.29 is 14.3 Å². The van der Waals surface area contributed by atoms with Gasteiger partial charge in [-0.25, -0.2) is 4.79 Å². The fraction of sp³-hybridized carbons (Fsp3) is 0.455. The zero-order chi connectivity index (χ0) is 12.0. The van der Waals surface area contributed by atoms with Gasteiger partial charge in [-0.05, 0) is 17.9 Å². The molecule has 0 saturated carbocycles. The maximum Gasteiger partial charge on any atom is 0.340 e. The van der Waals surface area contributed by atoms with Crippen LogP contribution in [-0.2, 0) is 9.53 Å². The van der Waals surface area contributed by atoms with Gasteiger partial charge in [-0.15, -0.1) is 11.3 Å². The predicted octanol–water partition coefficient (Wildman–Crippen LogP) is 2.66. The normalized spacial score (nSPS) is 9.88. The molecule has 16 heavy (non-hydrogen) atoms. The molecule has 1 aromatic rings. The molecule has 1 heterocycles. The minimum absolute atomic E-state index is 0.0607. The van der Waals surface area contributed by atoms with Gasteiger partial charge in [0.2, 0.25) is 5.91 Å². The Kier molecular flexibility index (Phi) is 4.98. The summed E-state index contributed by atoms with van der Waals surface area (Å²) in [5, 5.41) is 5.03. The summed E-state index contributed by atoms with van der Waals surface area (Å²) in [4.78, 5) is 22.8. The summed E-state index contributed by atoms with van der Waals surface area (Å²) < 4.78 is 4.61. The summed E-state index contributed by atoms with van der Waals surface area (Å²) >= 11 is 1.32. The highest BCUT2D eigenvalue weighted by Crippen LogP contribution is 2.24. The molecule has 0 radical (unpaired) electrons. The van der Waals surface area contributed by atoms with Crippen LogP contribution in [0.2, 0.25) is 0 Å². The molecule has 1 rings (SSSR count). The molecular formula is C11H15NO3S. The van der Waals surface area contributed by atoms with Crippen LogP contribution in [0, 0.1) is 0 Å². The van der Waals surface area contributed by atoms with E-state index in [1.165, 1.54) is 18.4 Å². The minimum atomic E-state index is -0.424. The van der Waals surface area contributed by atoms with E-state index in [1.54, 1.807) is 11.4 Å². The van der Waals surface area contributed by atoms with E-state index in [9.17, 15) is 9.59 Å². The second-order valence-electron chi connectivity index (χ2n) is 3.31. The number of ether oxygens (including phenoxy) is 1. The van der Waals surface area contributed by atoms with Crippen LogP contribution >= 0.6 is 11.3 Å². The maximum atomic E-state index is 11.5. The second kappa shape index (κ2) is 6.27. The van der Waals surface area contributed by atoms with E-state index >= 15 is 0 Å². The van der Waals surface area contributed by atoms with Gasteiger partial charge in [-0.3, -0.25) is 4.79 Å². The second-order valence-corrected chi connectivity index (χ2v) is 4.22. The molecular weight excluding hydrogens is 226 g/mol. The van der Waals surface area contributed by atoms with Crippen molar-refractivity contribution in [2.24, 2.45) is 0 Å². The number of esters is 1. The number of methoxy groups -OCH3 is 1. The summed E-state index contributed by atoms with van der Waals surface area (Å²) in [6.45, 7) is 2.03. The van der Waals surface area contributed by atoms with Crippen LogP contribution in [0.1, 0.15) is 36.5 Å². The van der Waals surface area contributed by atoms with Crippen LogP contribution < -0.4 is 5.32 Å². The van der Waals surface area contributed by atoms with E-state index in [-0.39, 0.29) is 5.91 Å². The third-order valence-electron chi connectivity index (χ3n) is 2.08. The lowest BCUT2D eigenvalue weighted by molar-refractivity contribution is -0.116. The Morgan fingerprint density at radius 3 is 2.88 bits per heavy atom. The molecule has 1 amide bonds. The number of amides is 1. The molecule has 0 atom stereocenters. The first-order chi connectivity index (χ1) is 7.69. The minimum Gasteiger partial charge on any atom is -0.465 e. The average Bonchev–Trinajstić information content (AvgIpc) is 2.73. The van der Waals surface area contributed by atoms with Crippen LogP contribution in [0.4, 0.5) is 5.00 Å². The Morgan fingerprint density at radius 2 is 2.25 bits per heavy atom. The van der Waals surface area contributed by atoms with E-state index in [4.69, 9.17) is 0 Å². The van der Waals surface area contributed by atoms with E-state index < -0.39 is 5.97 Å². The van der Waals surface area contributed by atoms with Crippen LogP contribution in [0.15, 0.2) is 11.4 Å². The van der Waals surface area contributed by atoms with E-state index in [0.717, 1.165) is 12.8 Å². The molecule has 0 aromatic carbocycles. The number of thiophene rings is 1. The van der Waals surface area contributed by atoms with Crippen molar-refractivity contribution in [1.29, 1.82) is 0 Å². The molecule has 5 heteroatoms. The topological polar surface area (TPSA) is 55.4 Å². The highest BCUT2D eigenvalue weighted by Gasteiger charge is 2.14. The zero-order valence-corrected chi connectivity index (χ0v) is 10.2. The van der Waals surface area contributed by atoms with E-state index in [2.05, 4.69) is 10.1 Å². The van der Waals surface area contributed by atoms with Gasteiger partial charge in [-0.1, -0.05) is 13.3 Å². The molecule has 0 aliphatic carbocycles. The number of unbranched alkanes of at least 4 members (excludes halogenated alkanes) is 1. The van der Waals surface area contributed by atoms with Gasteiger partial charge in [0.25, 0.3) is 0 Å². The predicted molar refractivity (Wildman–Crippen MR) is 63.8 cm³/mol. The van der Waals surface area contributed by atoms with Gasteiger partial charge in [-0.2, -0.15) is 0 Å². The van der Waals surface area contributed by atoms with Gasteiger partial charge >= 0.3 is 5.97 Å². The fourth-order valence-corrected chi connectivity index (χ4v) is 1.99. The van der Waals surface area contributed by atoms with Crippen molar-refractivity contribution in [3.63, 3.8) is 0 Å². The highest BCUT2D eigenvalue weighted by molar-refractivity contribution is 7.14. The largest absolute Gasteiger partial charge is 0.465 e. The van der Waals surface area contributed by atoms with Gasteiger partial charge in [0.15, 0.2) is 0 Å². The van der Waals surface area contributed by atoms with Gasteiger partial charge in [0.1, 0.15) is 5.00 Å². The van der Waals surface area contributed by atoms with Crippen molar-refractivity contribution in [2.45, 2.75) is 26.2 Å². The Hall–Kier alpha value is -1.36. The summed E-state index contributed by atoms with van der Waals surface area (Å²) in [6, 6.07) is 1.64. The number of anilines is 1. The van der Waals surface area contributed by atoms with E-state index in [1.807, 2.05) is 6.92 Å². The average molecular weight is 241 g/mol. The van der Waals surface area contributed by atoms with Crippen LogP contribution in [0.25, 0.3) is 0 Å². The number of rotatable bonds is 5. The van der Waals surface area contributed by atoms with Crippen LogP contribution in [0.3, 0.4) is 0 Å². The first-order valence-electron chi connectivity index (χ1n) is 5.14. The number of nitrogens with one attached hydrogen (secondary N) is 1. The first kappa shape index (κ1) is 12.7. The molecule has 0 saturated heterocycles. The number of hydrogen-bond donors (Lipinski definition) is 1. The van der Waals surface area contributed by atoms with Crippen molar-refractivity contribution >= 4 is 28.2 Å². The van der Waals surface area contributed by atoms with Crippen LogP contribution in [-0.4, -0.2) is 19.0 Å². The molecule has 0 aliphatic heterocycles. The highest BCUT2D eigenvalue weighted by atomic mass is 32.1. The third-order valence-corrected chi connectivity index (χ3v) is 2.91. The van der Waals surface area contributed by atoms with Gasteiger partial charge in [0, 0.05) is 6.42 Å². The Labute approximate surface area is 98.6 Å². The quantitative estimate of drug-likeness (QED) is 0.806. The fourth-order valence-electron chi connectivity index (χ4n) is 1.20. The molecule has 4 nitrogen and oxygen atoms in total. The lowest BCUT2D eigenvalue weighted by Crippen LogP contribution is -2.12. The molecule has 1 aromatic heterocycles. The standard InChI is InChI=1S/C11H15NO3S/c1-3-4-5-9(13)12-10-8(6-7-16-10)11(14)15-2/h6-7H,3-5H2,1-2H3,(H,12,13).